The Morgan fingerprint density at radius 2 is 2.14 bits per heavy atom. The van der Waals surface area contributed by atoms with Crippen LogP contribution in [-0.4, -0.2) is 30.9 Å². The summed E-state index contributed by atoms with van der Waals surface area (Å²) in [4.78, 5) is 26.7. The van der Waals surface area contributed by atoms with Gasteiger partial charge in [0.25, 0.3) is 0 Å². The summed E-state index contributed by atoms with van der Waals surface area (Å²) in [7, 11) is 0. The summed E-state index contributed by atoms with van der Waals surface area (Å²) in [5, 5.41) is 12.3. The molecule has 0 atom stereocenters. The normalized spacial score (nSPS) is 10.7. The van der Waals surface area contributed by atoms with Gasteiger partial charge in [-0.05, 0) is 6.07 Å². The molecule has 0 bridgehead atoms. The Labute approximate surface area is 124 Å². The molecule has 7 nitrogen and oxygen atoms in total. The number of carbonyl (C=O) groups is 1. The molecule has 106 valence electrons. The van der Waals surface area contributed by atoms with Gasteiger partial charge >= 0.3 is 0 Å². The lowest BCUT2D eigenvalue weighted by Gasteiger charge is -2.05. The number of amides is 1. The number of nitrogens with one attached hydrogen (secondary N) is 2. The molecule has 21 heavy (non-hydrogen) atoms. The Kier molecular flexibility index (Phi) is 3.41. The predicted octanol–water partition coefficient (Wildman–Crippen LogP) is 1.89. The lowest BCUT2D eigenvalue weighted by molar-refractivity contribution is -0.115. The van der Waals surface area contributed by atoms with Gasteiger partial charge in [-0.25, -0.2) is 4.98 Å². The van der Waals surface area contributed by atoms with Crippen LogP contribution in [0.1, 0.15) is 5.56 Å². The van der Waals surface area contributed by atoms with Crippen LogP contribution < -0.4 is 5.32 Å². The third kappa shape index (κ3) is 2.77. The molecule has 0 aliphatic heterocycles. The molecule has 3 rings (SSSR count). The highest BCUT2D eigenvalue weighted by Gasteiger charge is 2.12. The third-order valence-electron chi connectivity index (χ3n) is 2.84. The molecule has 0 spiro atoms. The second-order valence-electron chi connectivity index (χ2n) is 4.29. The summed E-state index contributed by atoms with van der Waals surface area (Å²) in [6.45, 7) is 0. The molecule has 0 aliphatic rings. The smallest absolute Gasteiger partial charge is 0.233 e. The number of carbonyl (C=O) groups excluding carboxylic acids is 1. The van der Waals surface area contributed by atoms with Crippen molar-refractivity contribution in [3.8, 4) is 5.75 Å². The maximum absolute atomic E-state index is 11.9. The molecule has 3 N–H and O–H groups in total. The number of fused-ring (bicyclic) bond motifs is 1. The number of hydrogen-bond donors (Lipinski definition) is 3. The quantitative estimate of drug-likeness (QED) is 0.641. The van der Waals surface area contributed by atoms with E-state index in [9.17, 15) is 9.90 Å². The second-order valence-corrected chi connectivity index (χ2v) is 4.65. The van der Waals surface area contributed by atoms with E-state index in [4.69, 9.17) is 11.6 Å². The maximum atomic E-state index is 11.9. The average Bonchev–Trinajstić information content (AvgIpc) is 2.90. The van der Waals surface area contributed by atoms with Crippen molar-refractivity contribution < 1.29 is 9.90 Å². The van der Waals surface area contributed by atoms with Gasteiger partial charge in [-0.3, -0.25) is 10.1 Å². The van der Waals surface area contributed by atoms with Gasteiger partial charge in [-0.1, -0.05) is 29.8 Å². The Morgan fingerprint density at radius 1 is 1.33 bits per heavy atom. The number of hydrogen-bond acceptors (Lipinski definition) is 5. The van der Waals surface area contributed by atoms with Crippen molar-refractivity contribution in [2.45, 2.75) is 6.42 Å². The molecule has 3 aromatic rings. The molecular formula is C13H10ClN5O2. The summed E-state index contributed by atoms with van der Waals surface area (Å²) >= 11 is 5.96. The summed E-state index contributed by atoms with van der Waals surface area (Å²) in [5.74, 6) is -0.225. The Balaban J connectivity index is 1.78. The first-order valence-corrected chi connectivity index (χ1v) is 6.44. The van der Waals surface area contributed by atoms with E-state index < -0.39 is 0 Å². The van der Waals surface area contributed by atoms with Gasteiger partial charge in [0.2, 0.25) is 11.9 Å². The zero-order chi connectivity index (χ0) is 14.8. The number of H-pyrrole nitrogens is 1. The summed E-state index contributed by atoms with van der Waals surface area (Å²) in [6.07, 6.45) is 1.45. The van der Waals surface area contributed by atoms with E-state index in [2.05, 4.69) is 25.3 Å². The van der Waals surface area contributed by atoms with E-state index in [1.165, 1.54) is 12.4 Å². The molecule has 1 amide bonds. The SMILES string of the molecule is O=C(Cc1ccccc1O)Nc1nc(Cl)c2[nH]cnc2n1. The lowest BCUT2D eigenvalue weighted by Crippen LogP contribution is -2.16. The number of aromatic amines is 1. The van der Waals surface area contributed by atoms with Crippen LogP contribution in [0.3, 0.4) is 0 Å². The number of phenolic OH excluding ortho intramolecular Hbond substituents is 1. The predicted molar refractivity (Wildman–Crippen MR) is 77.1 cm³/mol. The van der Waals surface area contributed by atoms with E-state index in [1.54, 1.807) is 18.2 Å². The molecular weight excluding hydrogens is 294 g/mol. The van der Waals surface area contributed by atoms with Crippen molar-refractivity contribution in [2.75, 3.05) is 5.32 Å². The zero-order valence-electron chi connectivity index (χ0n) is 10.7. The summed E-state index contributed by atoms with van der Waals surface area (Å²) in [6, 6.07) is 6.61. The van der Waals surface area contributed by atoms with Crippen LogP contribution in [0, 0.1) is 0 Å². The fourth-order valence-electron chi connectivity index (χ4n) is 1.86. The number of aromatic hydroxyl groups is 1. The first-order valence-electron chi connectivity index (χ1n) is 6.07. The topological polar surface area (TPSA) is 104 Å². The fourth-order valence-corrected chi connectivity index (χ4v) is 2.08. The minimum absolute atomic E-state index is 0.00621. The molecule has 1 aromatic carbocycles. The Morgan fingerprint density at radius 3 is 2.95 bits per heavy atom. The van der Waals surface area contributed by atoms with E-state index in [0.29, 0.717) is 16.7 Å². The number of rotatable bonds is 3. The Hall–Kier alpha value is -2.67. The number of nitrogens with zero attached hydrogens (tertiary/aromatic N) is 3. The van der Waals surface area contributed by atoms with Gasteiger partial charge in [0, 0.05) is 5.56 Å². The summed E-state index contributed by atoms with van der Waals surface area (Å²) < 4.78 is 0. The molecule has 0 aliphatic carbocycles. The van der Waals surface area contributed by atoms with Gasteiger partial charge in [0.15, 0.2) is 10.8 Å². The van der Waals surface area contributed by atoms with Crippen LogP contribution in [0.25, 0.3) is 11.2 Å². The average molecular weight is 304 g/mol. The Bertz CT molecular complexity index is 817. The van der Waals surface area contributed by atoms with Crippen molar-refractivity contribution in [3.63, 3.8) is 0 Å². The van der Waals surface area contributed by atoms with Gasteiger partial charge < -0.3 is 10.1 Å². The third-order valence-corrected chi connectivity index (χ3v) is 3.11. The molecule has 0 saturated carbocycles. The van der Waals surface area contributed by atoms with Gasteiger partial charge in [0.05, 0.1) is 12.7 Å². The van der Waals surface area contributed by atoms with Crippen molar-refractivity contribution >= 4 is 34.6 Å². The highest BCUT2D eigenvalue weighted by molar-refractivity contribution is 6.33. The van der Waals surface area contributed by atoms with Crippen LogP contribution in [0.4, 0.5) is 5.95 Å². The minimum Gasteiger partial charge on any atom is -0.508 e. The molecule has 2 heterocycles. The first-order chi connectivity index (χ1) is 10.1. The van der Waals surface area contributed by atoms with Gasteiger partial charge in [-0.2, -0.15) is 9.97 Å². The molecule has 8 heteroatoms. The van der Waals surface area contributed by atoms with Gasteiger partial charge in [0.1, 0.15) is 11.3 Å². The largest absolute Gasteiger partial charge is 0.508 e. The van der Waals surface area contributed by atoms with Crippen LogP contribution in [0.2, 0.25) is 5.15 Å². The van der Waals surface area contributed by atoms with Crippen molar-refractivity contribution in [2.24, 2.45) is 0 Å². The van der Waals surface area contributed by atoms with E-state index >= 15 is 0 Å². The van der Waals surface area contributed by atoms with Crippen LogP contribution in [-0.2, 0) is 11.2 Å². The number of halogens is 1. The first kappa shape index (κ1) is 13.3. The number of benzene rings is 1. The van der Waals surface area contributed by atoms with Crippen molar-refractivity contribution in [1.29, 1.82) is 0 Å². The number of phenols is 1. The highest BCUT2D eigenvalue weighted by atomic mass is 35.5. The standard InChI is InChI=1S/C13H10ClN5O2/c14-11-10-12(16-6-15-10)19-13(18-11)17-9(21)5-7-3-1-2-4-8(7)20/h1-4,6,20H,5H2,(H2,15,16,17,18,19,21). The number of anilines is 1. The second kappa shape index (κ2) is 5.37. The van der Waals surface area contributed by atoms with Crippen LogP contribution >= 0.6 is 11.6 Å². The maximum Gasteiger partial charge on any atom is 0.233 e. The van der Waals surface area contributed by atoms with E-state index in [0.717, 1.165) is 0 Å². The van der Waals surface area contributed by atoms with Crippen LogP contribution in [0.5, 0.6) is 5.75 Å². The minimum atomic E-state index is -0.359. The molecule has 0 fully saturated rings. The van der Waals surface area contributed by atoms with Crippen molar-refractivity contribution in [1.82, 2.24) is 19.9 Å². The lowest BCUT2D eigenvalue weighted by atomic mass is 10.1. The zero-order valence-corrected chi connectivity index (χ0v) is 11.4. The molecule has 0 unspecified atom stereocenters. The number of para-hydroxylation sites is 1. The fraction of sp³-hybridized carbons (Fsp3) is 0.0769. The number of aromatic nitrogens is 4. The molecule has 0 radical (unpaired) electrons. The van der Waals surface area contributed by atoms with Gasteiger partial charge in [-0.15, -0.1) is 0 Å². The van der Waals surface area contributed by atoms with E-state index in [1.807, 2.05) is 0 Å². The van der Waals surface area contributed by atoms with Crippen molar-refractivity contribution in [3.05, 3.63) is 41.3 Å². The molecule has 0 saturated heterocycles. The number of imidazole rings is 1. The monoisotopic (exact) mass is 303 g/mol. The van der Waals surface area contributed by atoms with Crippen LogP contribution in [0.15, 0.2) is 30.6 Å². The highest BCUT2D eigenvalue weighted by Crippen LogP contribution is 2.19. The molecule has 2 aromatic heterocycles. The van der Waals surface area contributed by atoms with E-state index in [-0.39, 0.29) is 29.2 Å². The summed E-state index contributed by atoms with van der Waals surface area (Å²) in [5.41, 5.74) is 1.39.